The van der Waals surface area contributed by atoms with Crippen molar-refractivity contribution in [3.63, 3.8) is 0 Å². The summed E-state index contributed by atoms with van der Waals surface area (Å²) < 4.78 is 24.9. The van der Waals surface area contributed by atoms with E-state index in [4.69, 9.17) is 9.47 Å². The van der Waals surface area contributed by atoms with Gasteiger partial charge in [-0.05, 0) is 62.7 Å². The van der Waals surface area contributed by atoms with Gasteiger partial charge in [0.1, 0.15) is 5.82 Å². The van der Waals surface area contributed by atoms with E-state index in [0.717, 1.165) is 0 Å². The largest absolute Gasteiger partial charge is 0.466 e. The van der Waals surface area contributed by atoms with Crippen LogP contribution in [0.3, 0.4) is 0 Å². The minimum atomic E-state index is -0.573. The number of rotatable bonds is 10. The Hall–Kier alpha value is -4.01. The summed E-state index contributed by atoms with van der Waals surface area (Å²) >= 11 is 0. The molecule has 178 valence electrons. The van der Waals surface area contributed by atoms with Crippen molar-refractivity contribution < 1.29 is 28.2 Å². The van der Waals surface area contributed by atoms with Gasteiger partial charge < -0.3 is 14.8 Å². The van der Waals surface area contributed by atoms with Gasteiger partial charge in [-0.15, -0.1) is 0 Å². The quantitative estimate of drug-likeness (QED) is 0.440. The number of hydrogen-bond donors (Lipinski definition) is 1. The number of esters is 2. The van der Waals surface area contributed by atoms with E-state index in [1.54, 1.807) is 50.2 Å². The standard InChI is InChI=1S/C25H26FN3O5/c1-3-33-24(31)10-6-9-23(30)27-19-8-5-7-17(15-19)22-16-21(25(32)34-4-2)28-29(22)20-13-11-18(26)12-14-20/h5,7-8,11-16H,3-4,6,9-10H2,1-2H3,(H,27,30). The van der Waals surface area contributed by atoms with E-state index in [-0.39, 0.29) is 37.0 Å². The van der Waals surface area contributed by atoms with Crippen molar-refractivity contribution in [1.29, 1.82) is 0 Å². The predicted octanol–water partition coefficient (Wildman–Crippen LogP) is 4.53. The van der Waals surface area contributed by atoms with Gasteiger partial charge in [-0.2, -0.15) is 5.10 Å². The number of benzene rings is 2. The molecule has 0 saturated heterocycles. The number of amides is 1. The third-order valence-corrected chi connectivity index (χ3v) is 4.80. The molecule has 9 heteroatoms. The molecule has 0 aliphatic carbocycles. The van der Waals surface area contributed by atoms with Crippen LogP contribution in [-0.2, 0) is 19.1 Å². The number of hydrogen-bond acceptors (Lipinski definition) is 6. The maximum Gasteiger partial charge on any atom is 0.358 e. The molecule has 1 amide bonds. The number of aromatic nitrogens is 2. The minimum absolute atomic E-state index is 0.106. The lowest BCUT2D eigenvalue weighted by atomic mass is 10.1. The first-order valence-corrected chi connectivity index (χ1v) is 11.0. The average Bonchev–Trinajstić information content (AvgIpc) is 3.26. The number of anilines is 1. The Morgan fingerprint density at radius 3 is 2.41 bits per heavy atom. The third-order valence-electron chi connectivity index (χ3n) is 4.80. The van der Waals surface area contributed by atoms with Gasteiger partial charge in [0.15, 0.2) is 5.69 Å². The number of nitrogens with zero attached hydrogens (tertiary/aromatic N) is 2. The van der Waals surface area contributed by atoms with Gasteiger partial charge in [0, 0.05) is 24.1 Å². The lowest BCUT2D eigenvalue weighted by Gasteiger charge is -2.10. The molecular weight excluding hydrogens is 441 g/mol. The van der Waals surface area contributed by atoms with E-state index >= 15 is 0 Å². The van der Waals surface area contributed by atoms with Crippen molar-refractivity contribution in [2.75, 3.05) is 18.5 Å². The van der Waals surface area contributed by atoms with E-state index in [2.05, 4.69) is 10.4 Å². The molecule has 3 aromatic rings. The van der Waals surface area contributed by atoms with Crippen LogP contribution >= 0.6 is 0 Å². The first-order valence-electron chi connectivity index (χ1n) is 11.0. The lowest BCUT2D eigenvalue weighted by Crippen LogP contribution is -2.12. The third kappa shape index (κ3) is 6.50. The summed E-state index contributed by atoms with van der Waals surface area (Å²) in [5.41, 5.74) is 2.45. The van der Waals surface area contributed by atoms with Crippen LogP contribution < -0.4 is 5.32 Å². The van der Waals surface area contributed by atoms with Crippen LogP contribution in [0.5, 0.6) is 0 Å². The van der Waals surface area contributed by atoms with Crippen LogP contribution in [0.1, 0.15) is 43.6 Å². The molecule has 34 heavy (non-hydrogen) atoms. The van der Waals surface area contributed by atoms with Gasteiger partial charge in [-0.25, -0.2) is 13.9 Å². The van der Waals surface area contributed by atoms with Crippen LogP contribution in [0.15, 0.2) is 54.6 Å². The van der Waals surface area contributed by atoms with Crippen molar-refractivity contribution in [3.05, 3.63) is 66.1 Å². The highest BCUT2D eigenvalue weighted by Gasteiger charge is 2.18. The van der Waals surface area contributed by atoms with Crippen molar-refractivity contribution in [3.8, 4) is 16.9 Å². The Morgan fingerprint density at radius 2 is 1.71 bits per heavy atom. The zero-order valence-electron chi connectivity index (χ0n) is 19.0. The molecule has 1 aromatic heterocycles. The summed E-state index contributed by atoms with van der Waals surface area (Å²) in [6, 6.07) is 14.3. The van der Waals surface area contributed by atoms with Crippen molar-refractivity contribution in [1.82, 2.24) is 9.78 Å². The van der Waals surface area contributed by atoms with Gasteiger partial charge in [-0.3, -0.25) is 9.59 Å². The molecular formula is C25H26FN3O5. The number of halogens is 1. The maximum absolute atomic E-state index is 13.4. The van der Waals surface area contributed by atoms with Gasteiger partial charge in [0.2, 0.25) is 5.91 Å². The molecule has 8 nitrogen and oxygen atoms in total. The zero-order chi connectivity index (χ0) is 24.5. The van der Waals surface area contributed by atoms with Gasteiger partial charge in [0.25, 0.3) is 0 Å². The Balaban J connectivity index is 1.83. The highest BCUT2D eigenvalue weighted by atomic mass is 19.1. The highest BCUT2D eigenvalue weighted by molar-refractivity contribution is 5.92. The molecule has 0 aliphatic rings. The Labute approximate surface area is 196 Å². The summed E-state index contributed by atoms with van der Waals surface area (Å²) in [4.78, 5) is 36.0. The molecule has 0 spiro atoms. The summed E-state index contributed by atoms with van der Waals surface area (Å²) in [6.45, 7) is 3.95. The SMILES string of the molecule is CCOC(=O)CCCC(=O)Nc1cccc(-c2cc(C(=O)OCC)nn2-c2ccc(F)cc2)c1. The predicted molar refractivity (Wildman–Crippen MR) is 124 cm³/mol. The van der Waals surface area contributed by atoms with Gasteiger partial charge in [-0.1, -0.05) is 12.1 Å². The van der Waals surface area contributed by atoms with E-state index in [1.165, 1.54) is 16.8 Å². The highest BCUT2D eigenvalue weighted by Crippen LogP contribution is 2.27. The molecule has 0 saturated carbocycles. The second-order valence-electron chi connectivity index (χ2n) is 7.31. The van der Waals surface area contributed by atoms with E-state index < -0.39 is 11.8 Å². The summed E-state index contributed by atoms with van der Waals surface area (Å²) in [7, 11) is 0. The number of nitrogens with one attached hydrogen (secondary N) is 1. The van der Waals surface area contributed by atoms with Crippen molar-refractivity contribution >= 4 is 23.5 Å². The van der Waals surface area contributed by atoms with Crippen molar-refractivity contribution in [2.45, 2.75) is 33.1 Å². The first-order chi connectivity index (χ1) is 16.4. The average molecular weight is 467 g/mol. The topological polar surface area (TPSA) is 99.5 Å². The van der Waals surface area contributed by atoms with E-state index in [9.17, 15) is 18.8 Å². The maximum atomic E-state index is 13.4. The molecule has 0 fully saturated rings. The molecule has 0 aliphatic heterocycles. The van der Waals surface area contributed by atoms with Gasteiger partial charge >= 0.3 is 11.9 Å². The van der Waals surface area contributed by atoms with E-state index in [0.29, 0.717) is 35.7 Å². The first kappa shape index (κ1) is 24.6. The Kier molecular flexibility index (Phi) is 8.50. The fourth-order valence-corrected chi connectivity index (χ4v) is 3.28. The molecule has 0 radical (unpaired) electrons. The second-order valence-corrected chi connectivity index (χ2v) is 7.31. The number of carbonyl (C=O) groups excluding carboxylic acids is 3. The molecule has 0 atom stereocenters. The fourth-order valence-electron chi connectivity index (χ4n) is 3.28. The van der Waals surface area contributed by atoms with Crippen LogP contribution in [0.2, 0.25) is 0 Å². The van der Waals surface area contributed by atoms with Crippen LogP contribution in [0, 0.1) is 5.82 Å². The smallest absolute Gasteiger partial charge is 0.358 e. The fraction of sp³-hybridized carbons (Fsp3) is 0.280. The summed E-state index contributed by atoms with van der Waals surface area (Å²) in [5.74, 6) is -1.53. The molecule has 3 rings (SSSR count). The Morgan fingerprint density at radius 1 is 0.971 bits per heavy atom. The summed E-state index contributed by atoms with van der Waals surface area (Å²) in [5, 5.41) is 7.17. The molecule has 2 aromatic carbocycles. The second kappa shape index (κ2) is 11.7. The number of ether oxygens (including phenoxy) is 2. The van der Waals surface area contributed by atoms with Gasteiger partial charge in [0.05, 0.1) is 24.6 Å². The minimum Gasteiger partial charge on any atom is -0.466 e. The Bertz CT molecular complexity index is 1160. The molecule has 0 unspecified atom stereocenters. The molecule has 1 N–H and O–H groups in total. The van der Waals surface area contributed by atoms with Crippen LogP contribution in [0.4, 0.5) is 10.1 Å². The van der Waals surface area contributed by atoms with Crippen molar-refractivity contribution in [2.24, 2.45) is 0 Å². The lowest BCUT2D eigenvalue weighted by molar-refractivity contribution is -0.143. The van der Waals surface area contributed by atoms with Crippen LogP contribution in [0.25, 0.3) is 16.9 Å². The molecule has 0 bridgehead atoms. The normalized spacial score (nSPS) is 10.6. The molecule has 1 heterocycles. The van der Waals surface area contributed by atoms with Crippen LogP contribution in [-0.4, -0.2) is 40.8 Å². The summed E-state index contributed by atoms with van der Waals surface area (Å²) in [6.07, 6.45) is 0.725. The monoisotopic (exact) mass is 467 g/mol. The van der Waals surface area contributed by atoms with E-state index in [1.807, 2.05) is 6.07 Å². The number of carbonyl (C=O) groups is 3. The zero-order valence-corrected chi connectivity index (χ0v) is 19.0.